The smallest absolute Gasteiger partial charge is 0.227 e. The minimum Gasteiger partial charge on any atom is -0.342 e. The van der Waals surface area contributed by atoms with Gasteiger partial charge in [0.25, 0.3) is 0 Å². The first-order valence-corrected chi connectivity index (χ1v) is 9.45. The third-order valence-electron chi connectivity index (χ3n) is 5.49. The first-order valence-electron chi connectivity index (χ1n) is 9.45. The molecule has 0 N–H and O–H groups in total. The number of carbonyl (C=O) groups excluding carboxylic acids is 1. The Morgan fingerprint density at radius 2 is 2.19 bits per heavy atom. The number of hydrogen-bond acceptors (Lipinski definition) is 4. The lowest BCUT2D eigenvalue weighted by molar-refractivity contribution is -0.129. The van der Waals surface area contributed by atoms with Gasteiger partial charge in [-0.15, -0.1) is 0 Å². The fourth-order valence-electron chi connectivity index (χ4n) is 3.98. The highest BCUT2D eigenvalue weighted by atomic mass is 16.2. The van der Waals surface area contributed by atoms with Crippen molar-refractivity contribution in [2.24, 2.45) is 0 Å². The third kappa shape index (κ3) is 3.63. The number of likely N-dealkylation sites (N-methyl/N-ethyl adjacent to an activating group) is 1. The average molecular weight is 350 g/mol. The van der Waals surface area contributed by atoms with Gasteiger partial charge in [-0.1, -0.05) is 29.8 Å². The first kappa shape index (κ1) is 17.2. The molecule has 2 aromatic rings. The van der Waals surface area contributed by atoms with Gasteiger partial charge in [0.15, 0.2) is 0 Å². The zero-order valence-corrected chi connectivity index (χ0v) is 15.6. The third-order valence-corrected chi connectivity index (χ3v) is 5.49. The van der Waals surface area contributed by atoms with Crippen molar-refractivity contribution in [2.45, 2.75) is 38.6 Å². The molecule has 1 aromatic heterocycles. The number of rotatable bonds is 3. The maximum Gasteiger partial charge on any atom is 0.227 e. The summed E-state index contributed by atoms with van der Waals surface area (Å²) in [6, 6.07) is 8.20. The second-order valence-corrected chi connectivity index (χ2v) is 7.68. The van der Waals surface area contributed by atoms with E-state index in [9.17, 15) is 4.79 Å². The molecule has 5 heteroatoms. The molecule has 2 aliphatic heterocycles. The maximum atomic E-state index is 12.7. The quantitative estimate of drug-likeness (QED) is 0.852. The highest BCUT2D eigenvalue weighted by molar-refractivity contribution is 5.79. The van der Waals surface area contributed by atoms with Crippen LogP contribution < -0.4 is 0 Å². The summed E-state index contributed by atoms with van der Waals surface area (Å²) in [5, 5.41) is 0. The highest BCUT2D eigenvalue weighted by Gasteiger charge is 2.29. The van der Waals surface area contributed by atoms with Crippen LogP contribution in [0, 0.1) is 6.92 Å². The van der Waals surface area contributed by atoms with E-state index in [4.69, 9.17) is 4.98 Å². The normalized spacial score (nSPS) is 20.2. The zero-order valence-electron chi connectivity index (χ0n) is 15.6. The Morgan fingerprint density at radius 1 is 1.31 bits per heavy atom. The van der Waals surface area contributed by atoms with Gasteiger partial charge in [-0.25, -0.2) is 9.97 Å². The largest absolute Gasteiger partial charge is 0.342 e. The predicted octanol–water partition coefficient (Wildman–Crippen LogP) is 2.33. The number of likely N-dealkylation sites (tertiary alicyclic amines) is 1. The van der Waals surface area contributed by atoms with Crippen molar-refractivity contribution in [3.8, 4) is 0 Å². The molecule has 0 radical (unpaired) electrons. The number of benzene rings is 1. The van der Waals surface area contributed by atoms with Crippen LogP contribution in [-0.2, 0) is 24.2 Å². The maximum absolute atomic E-state index is 12.7. The molecule has 0 bridgehead atoms. The Morgan fingerprint density at radius 3 is 3.04 bits per heavy atom. The minimum atomic E-state index is 0.206. The Bertz CT molecular complexity index is 819. The van der Waals surface area contributed by atoms with Crippen LogP contribution in [-0.4, -0.2) is 52.4 Å². The van der Waals surface area contributed by atoms with Gasteiger partial charge in [0.1, 0.15) is 5.82 Å². The van der Waals surface area contributed by atoms with E-state index in [-0.39, 0.29) is 11.8 Å². The van der Waals surface area contributed by atoms with E-state index in [1.807, 2.05) is 23.2 Å². The van der Waals surface area contributed by atoms with Crippen LogP contribution in [0.25, 0.3) is 0 Å². The highest BCUT2D eigenvalue weighted by Crippen LogP contribution is 2.27. The van der Waals surface area contributed by atoms with Crippen molar-refractivity contribution >= 4 is 5.91 Å². The number of nitrogens with zero attached hydrogens (tertiary/aromatic N) is 4. The van der Waals surface area contributed by atoms with Gasteiger partial charge in [-0.05, 0) is 26.0 Å². The molecule has 1 atom stereocenters. The van der Waals surface area contributed by atoms with E-state index < -0.39 is 0 Å². The van der Waals surface area contributed by atoms with Crippen molar-refractivity contribution in [1.82, 2.24) is 19.8 Å². The van der Waals surface area contributed by atoms with Crippen LogP contribution in [0.3, 0.4) is 0 Å². The Kier molecular flexibility index (Phi) is 4.72. The molecule has 1 amide bonds. The molecule has 1 aromatic carbocycles. The van der Waals surface area contributed by atoms with E-state index in [1.54, 1.807) is 0 Å². The molecular formula is C21H26N4O. The SMILES string of the molecule is Cc1cccc(CC(=O)N2CCC(c3ncc4c(n3)CCN(C)C4)C2)c1. The van der Waals surface area contributed by atoms with Gasteiger partial charge in [0.05, 0.1) is 6.42 Å². The molecule has 3 heterocycles. The van der Waals surface area contributed by atoms with Crippen LogP contribution in [0.5, 0.6) is 0 Å². The van der Waals surface area contributed by atoms with E-state index >= 15 is 0 Å². The molecule has 0 spiro atoms. The van der Waals surface area contributed by atoms with Gasteiger partial charge in [0.2, 0.25) is 5.91 Å². The molecule has 136 valence electrons. The summed E-state index contributed by atoms with van der Waals surface area (Å²) in [6.45, 7) is 5.59. The number of amides is 1. The number of fused-ring (bicyclic) bond motifs is 1. The molecule has 0 aliphatic carbocycles. The number of carbonyl (C=O) groups is 1. The number of aryl methyl sites for hydroxylation is 1. The van der Waals surface area contributed by atoms with Gasteiger partial charge in [-0.3, -0.25) is 4.79 Å². The van der Waals surface area contributed by atoms with Crippen molar-refractivity contribution in [2.75, 3.05) is 26.7 Å². The minimum absolute atomic E-state index is 0.206. The molecule has 2 aliphatic rings. The second kappa shape index (κ2) is 7.16. The first-order chi connectivity index (χ1) is 12.6. The van der Waals surface area contributed by atoms with Crippen molar-refractivity contribution in [3.05, 3.63) is 58.7 Å². The Hall–Kier alpha value is -2.27. The lowest BCUT2D eigenvalue weighted by Crippen LogP contribution is -2.30. The van der Waals surface area contributed by atoms with Crippen molar-refractivity contribution < 1.29 is 4.79 Å². The second-order valence-electron chi connectivity index (χ2n) is 7.68. The fourth-order valence-corrected chi connectivity index (χ4v) is 3.98. The van der Waals surface area contributed by atoms with E-state index in [0.717, 1.165) is 50.4 Å². The van der Waals surface area contributed by atoms with Crippen LogP contribution in [0.1, 0.15) is 40.5 Å². The summed E-state index contributed by atoms with van der Waals surface area (Å²) >= 11 is 0. The van der Waals surface area contributed by atoms with Crippen molar-refractivity contribution in [1.29, 1.82) is 0 Å². The zero-order chi connectivity index (χ0) is 18.1. The molecule has 0 saturated carbocycles. The van der Waals surface area contributed by atoms with Crippen LogP contribution in [0.2, 0.25) is 0 Å². The number of hydrogen-bond donors (Lipinski definition) is 0. The van der Waals surface area contributed by atoms with Crippen LogP contribution in [0.15, 0.2) is 30.5 Å². The fraction of sp³-hybridized carbons (Fsp3) is 0.476. The standard InChI is InChI=1S/C21H26N4O/c1-15-4-3-5-16(10-15)11-20(26)25-9-6-17(14-25)21-22-12-18-13-24(2)8-7-19(18)23-21/h3-5,10,12,17H,6-9,11,13-14H2,1-2H3. The van der Waals surface area contributed by atoms with Gasteiger partial charge < -0.3 is 9.80 Å². The Labute approximate surface area is 155 Å². The summed E-state index contributed by atoms with van der Waals surface area (Å²) in [4.78, 5) is 26.4. The Balaban J connectivity index is 1.41. The molecular weight excluding hydrogens is 324 g/mol. The summed E-state index contributed by atoms with van der Waals surface area (Å²) in [5.41, 5.74) is 4.72. The van der Waals surface area contributed by atoms with Crippen LogP contribution in [0.4, 0.5) is 0 Å². The van der Waals surface area contributed by atoms with Crippen LogP contribution >= 0.6 is 0 Å². The van der Waals surface area contributed by atoms with E-state index in [0.29, 0.717) is 6.42 Å². The molecule has 4 rings (SSSR count). The summed E-state index contributed by atoms with van der Waals surface area (Å²) in [6.07, 6.45) is 4.42. The summed E-state index contributed by atoms with van der Waals surface area (Å²) in [5.74, 6) is 1.39. The van der Waals surface area contributed by atoms with E-state index in [1.165, 1.54) is 16.8 Å². The van der Waals surface area contributed by atoms with Gasteiger partial charge in [0, 0.05) is 56.0 Å². The topological polar surface area (TPSA) is 49.3 Å². The average Bonchev–Trinajstić information content (AvgIpc) is 3.11. The lowest BCUT2D eigenvalue weighted by Gasteiger charge is -2.24. The number of aromatic nitrogens is 2. The van der Waals surface area contributed by atoms with E-state index in [2.05, 4.69) is 36.0 Å². The molecule has 1 unspecified atom stereocenters. The predicted molar refractivity (Wildman–Crippen MR) is 101 cm³/mol. The summed E-state index contributed by atoms with van der Waals surface area (Å²) < 4.78 is 0. The molecule has 1 fully saturated rings. The van der Waals surface area contributed by atoms with Gasteiger partial charge >= 0.3 is 0 Å². The molecule has 26 heavy (non-hydrogen) atoms. The lowest BCUT2D eigenvalue weighted by atomic mass is 10.1. The van der Waals surface area contributed by atoms with Crippen molar-refractivity contribution in [3.63, 3.8) is 0 Å². The molecule has 1 saturated heterocycles. The van der Waals surface area contributed by atoms with Gasteiger partial charge in [-0.2, -0.15) is 0 Å². The summed E-state index contributed by atoms with van der Waals surface area (Å²) in [7, 11) is 2.13. The molecule has 5 nitrogen and oxygen atoms in total. The monoisotopic (exact) mass is 350 g/mol.